The summed E-state index contributed by atoms with van der Waals surface area (Å²) in [5, 5.41) is 0. The first-order valence-electron chi connectivity index (χ1n) is 5.11. The highest BCUT2D eigenvalue weighted by molar-refractivity contribution is 5.52. The Morgan fingerprint density at radius 2 is 1.05 bits per heavy atom. The number of benzene rings is 1. The maximum absolute atomic E-state index is 13.3. The van der Waals surface area contributed by atoms with Crippen LogP contribution in [0.1, 0.15) is 6.92 Å². The lowest BCUT2D eigenvalue weighted by molar-refractivity contribution is -0.281. The number of anilines is 1. The lowest BCUT2D eigenvalue weighted by Crippen LogP contribution is -2.53. The van der Waals surface area contributed by atoms with Gasteiger partial charge in [0.15, 0.2) is 23.3 Å². The highest BCUT2D eigenvalue weighted by atomic mass is 19.4. The molecule has 0 atom stereocenters. The first-order chi connectivity index (χ1) is 9.37. The summed E-state index contributed by atoms with van der Waals surface area (Å²) in [7, 11) is 0. The molecule has 0 bridgehead atoms. The first kappa shape index (κ1) is 17.4. The third kappa shape index (κ3) is 2.60. The van der Waals surface area contributed by atoms with E-state index < -0.39 is 58.4 Å². The van der Waals surface area contributed by atoms with E-state index in [9.17, 15) is 43.9 Å². The van der Waals surface area contributed by atoms with Gasteiger partial charge in [-0.05, 0) is 6.92 Å². The monoisotopic (exact) mass is 329 g/mol. The van der Waals surface area contributed by atoms with Crippen molar-refractivity contribution >= 4 is 5.69 Å². The lowest BCUT2D eigenvalue weighted by atomic mass is 10.2. The molecule has 0 aliphatic rings. The molecule has 0 amide bonds. The minimum absolute atomic E-state index is 0.623. The van der Waals surface area contributed by atoms with Gasteiger partial charge < -0.3 is 4.90 Å². The van der Waals surface area contributed by atoms with Crippen LogP contribution in [-0.4, -0.2) is 18.8 Å². The maximum Gasteiger partial charge on any atom is 0.475 e. The van der Waals surface area contributed by atoms with E-state index >= 15 is 0 Å². The summed E-state index contributed by atoms with van der Waals surface area (Å²) < 4.78 is 128. The van der Waals surface area contributed by atoms with Gasteiger partial charge in [0, 0.05) is 6.54 Å². The zero-order chi connectivity index (χ0) is 16.7. The molecule has 0 aliphatic heterocycles. The Kier molecular flexibility index (Phi) is 4.35. The zero-order valence-corrected chi connectivity index (χ0v) is 9.93. The summed E-state index contributed by atoms with van der Waals surface area (Å²) in [6.45, 7) is -0.747. The standard InChI is InChI=1S/C10H5F10N/c1-2-21(10(19,20)9(16,17)18)8-6(14)4(12)3(11)5(13)7(8)15/h2H2,1H3. The Bertz CT molecular complexity index is 521. The molecule has 0 aliphatic carbocycles. The van der Waals surface area contributed by atoms with Gasteiger partial charge in [-0.15, -0.1) is 0 Å². The van der Waals surface area contributed by atoms with Crippen molar-refractivity contribution in [2.75, 3.05) is 11.4 Å². The molecular formula is C10H5F10N. The van der Waals surface area contributed by atoms with Crippen molar-refractivity contribution in [3.63, 3.8) is 0 Å². The molecule has 0 spiro atoms. The molecule has 0 N–H and O–H groups in total. The molecule has 0 saturated carbocycles. The Balaban J connectivity index is 3.65. The van der Waals surface area contributed by atoms with E-state index in [-0.39, 0.29) is 0 Å². The van der Waals surface area contributed by atoms with Gasteiger partial charge in [0.1, 0.15) is 5.69 Å². The van der Waals surface area contributed by atoms with E-state index in [0.717, 1.165) is 0 Å². The predicted octanol–water partition coefficient (Wildman–Crippen LogP) is 4.36. The van der Waals surface area contributed by atoms with Crippen molar-refractivity contribution in [2.45, 2.75) is 19.1 Å². The van der Waals surface area contributed by atoms with Crippen LogP contribution in [-0.2, 0) is 0 Å². The van der Waals surface area contributed by atoms with Gasteiger partial charge in [-0.3, -0.25) is 0 Å². The van der Waals surface area contributed by atoms with E-state index in [4.69, 9.17) is 0 Å². The van der Waals surface area contributed by atoms with Crippen LogP contribution < -0.4 is 4.90 Å². The molecule has 120 valence electrons. The molecular weight excluding hydrogens is 324 g/mol. The summed E-state index contributed by atoms with van der Waals surface area (Å²) in [6, 6.07) is -5.83. The van der Waals surface area contributed by atoms with Gasteiger partial charge >= 0.3 is 12.2 Å². The smallest absolute Gasteiger partial charge is 0.300 e. The van der Waals surface area contributed by atoms with Gasteiger partial charge in [0.25, 0.3) is 0 Å². The summed E-state index contributed by atoms with van der Waals surface area (Å²) in [5.74, 6) is -13.5. The van der Waals surface area contributed by atoms with E-state index in [0.29, 0.717) is 6.92 Å². The fourth-order valence-corrected chi connectivity index (χ4v) is 1.48. The summed E-state index contributed by atoms with van der Waals surface area (Å²) >= 11 is 0. The number of hydrogen-bond acceptors (Lipinski definition) is 1. The minimum atomic E-state index is -6.29. The molecule has 0 aromatic heterocycles. The topological polar surface area (TPSA) is 3.24 Å². The Hall–Kier alpha value is -1.68. The van der Waals surface area contributed by atoms with Crippen molar-refractivity contribution < 1.29 is 43.9 Å². The van der Waals surface area contributed by atoms with E-state index in [1.165, 1.54) is 0 Å². The third-order valence-corrected chi connectivity index (χ3v) is 2.45. The van der Waals surface area contributed by atoms with Crippen molar-refractivity contribution in [1.29, 1.82) is 0 Å². The lowest BCUT2D eigenvalue weighted by Gasteiger charge is -2.33. The van der Waals surface area contributed by atoms with Crippen molar-refractivity contribution in [3.05, 3.63) is 29.1 Å². The molecule has 1 rings (SSSR count). The van der Waals surface area contributed by atoms with Gasteiger partial charge in [-0.25, -0.2) is 22.0 Å². The highest BCUT2D eigenvalue weighted by Gasteiger charge is 2.62. The second-order valence-electron chi connectivity index (χ2n) is 3.70. The molecule has 0 radical (unpaired) electrons. The maximum atomic E-state index is 13.3. The average molecular weight is 329 g/mol. The SMILES string of the molecule is CCN(c1c(F)c(F)c(F)c(F)c1F)C(F)(F)C(F)(F)F. The Morgan fingerprint density at radius 1 is 0.714 bits per heavy atom. The number of hydrogen-bond donors (Lipinski definition) is 0. The molecule has 1 aromatic carbocycles. The van der Waals surface area contributed by atoms with Crippen LogP contribution in [0.25, 0.3) is 0 Å². The zero-order valence-electron chi connectivity index (χ0n) is 9.93. The van der Waals surface area contributed by atoms with Crippen LogP contribution in [0.15, 0.2) is 0 Å². The molecule has 0 unspecified atom stereocenters. The minimum Gasteiger partial charge on any atom is -0.300 e. The number of alkyl halides is 5. The second-order valence-corrected chi connectivity index (χ2v) is 3.70. The second kappa shape index (κ2) is 5.26. The van der Waals surface area contributed by atoms with Crippen molar-refractivity contribution in [1.82, 2.24) is 0 Å². The summed E-state index contributed by atoms with van der Waals surface area (Å²) in [6.07, 6.45) is -6.29. The Morgan fingerprint density at radius 3 is 1.33 bits per heavy atom. The quantitative estimate of drug-likeness (QED) is 0.345. The van der Waals surface area contributed by atoms with Gasteiger partial charge in [-0.1, -0.05) is 0 Å². The van der Waals surface area contributed by atoms with Crippen LogP contribution in [0.2, 0.25) is 0 Å². The van der Waals surface area contributed by atoms with Crippen LogP contribution in [0.3, 0.4) is 0 Å². The summed E-state index contributed by atoms with van der Waals surface area (Å²) in [5.41, 5.74) is -2.35. The molecule has 11 heteroatoms. The number of rotatable bonds is 3. The van der Waals surface area contributed by atoms with Crippen LogP contribution >= 0.6 is 0 Å². The van der Waals surface area contributed by atoms with Gasteiger partial charge in [-0.2, -0.15) is 22.0 Å². The highest BCUT2D eigenvalue weighted by Crippen LogP contribution is 2.43. The van der Waals surface area contributed by atoms with Crippen LogP contribution in [0.5, 0.6) is 0 Å². The molecule has 1 aromatic rings. The van der Waals surface area contributed by atoms with Crippen molar-refractivity contribution in [2.24, 2.45) is 0 Å². The molecule has 0 fully saturated rings. The van der Waals surface area contributed by atoms with Crippen LogP contribution in [0, 0.1) is 29.1 Å². The van der Waals surface area contributed by atoms with Gasteiger partial charge in [0.2, 0.25) is 5.82 Å². The van der Waals surface area contributed by atoms with E-state index in [2.05, 4.69) is 0 Å². The molecule has 0 heterocycles. The average Bonchev–Trinajstić information content (AvgIpc) is 2.37. The van der Waals surface area contributed by atoms with Gasteiger partial charge in [0.05, 0.1) is 0 Å². The summed E-state index contributed by atoms with van der Waals surface area (Å²) in [4.78, 5) is -1.25. The van der Waals surface area contributed by atoms with Crippen LogP contribution in [0.4, 0.5) is 49.6 Å². The molecule has 1 nitrogen and oxygen atoms in total. The normalized spacial score (nSPS) is 12.7. The fourth-order valence-electron chi connectivity index (χ4n) is 1.48. The third-order valence-electron chi connectivity index (χ3n) is 2.45. The molecule has 0 saturated heterocycles. The largest absolute Gasteiger partial charge is 0.475 e. The first-order valence-corrected chi connectivity index (χ1v) is 5.11. The number of halogens is 10. The van der Waals surface area contributed by atoms with E-state index in [1.54, 1.807) is 0 Å². The number of nitrogens with zero attached hydrogens (tertiary/aromatic N) is 1. The van der Waals surface area contributed by atoms with Crippen molar-refractivity contribution in [3.8, 4) is 0 Å². The Labute approximate surface area is 110 Å². The predicted molar refractivity (Wildman–Crippen MR) is 50.3 cm³/mol. The van der Waals surface area contributed by atoms with E-state index in [1.807, 2.05) is 0 Å². The molecule has 21 heavy (non-hydrogen) atoms. The fraction of sp³-hybridized carbons (Fsp3) is 0.400.